The fraction of sp³-hybridized carbons (Fsp3) is 0.120. The van der Waals surface area contributed by atoms with E-state index < -0.39 is 5.91 Å². The Hall–Kier alpha value is -2.73. The number of hydrogen-bond acceptors (Lipinski definition) is 4. The van der Waals surface area contributed by atoms with Gasteiger partial charge in [0, 0.05) is 15.7 Å². The third-order valence-corrected chi connectivity index (χ3v) is 6.11. The van der Waals surface area contributed by atoms with Crippen LogP contribution in [-0.4, -0.2) is 13.0 Å². The minimum absolute atomic E-state index is 0.0561. The molecular formula is C25H19Cl2IN2O3. The van der Waals surface area contributed by atoms with Crippen LogP contribution in [0.3, 0.4) is 0 Å². The smallest absolute Gasteiger partial charge is 0.266 e. The van der Waals surface area contributed by atoms with Gasteiger partial charge in [-0.3, -0.25) is 4.79 Å². The summed E-state index contributed by atoms with van der Waals surface area (Å²) in [5.74, 6) is 0.530. The molecule has 0 radical (unpaired) electrons. The van der Waals surface area contributed by atoms with E-state index in [2.05, 4.69) is 27.9 Å². The molecule has 3 aromatic rings. The van der Waals surface area contributed by atoms with Crippen molar-refractivity contribution in [3.63, 3.8) is 0 Å². The fourth-order valence-corrected chi connectivity index (χ4v) is 3.97. The van der Waals surface area contributed by atoms with Crippen LogP contribution in [0.5, 0.6) is 11.5 Å². The van der Waals surface area contributed by atoms with Crippen LogP contribution >= 0.6 is 45.8 Å². The second-order valence-corrected chi connectivity index (χ2v) is 9.04. The predicted molar refractivity (Wildman–Crippen MR) is 140 cm³/mol. The largest absolute Gasteiger partial charge is 0.493 e. The average Bonchev–Trinajstić information content (AvgIpc) is 2.79. The Bertz CT molecular complexity index is 1250. The Balaban J connectivity index is 1.81. The summed E-state index contributed by atoms with van der Waals surface area (Å²) in [4.78, 5) is 12.6. The number of halogens is 3. The maximum absolute atomic E-state index is 12.6. The van der Waals surface area contributed by atoms with Crippen molar-refractivity contribution in [2.45, 2.75) is 13.5 Å². The molecule has 3 aromatic carbocycles. The van der Waals surface area contributed by atoms with E-state index in [-0.39, 0.29) is 5.57 Å². The third kappa shape index (κ3) is 6.64. The Kier molecular flexibility index (Phi) is 8.61. The van der Waals surface area contributed by atoms with E-state index >= 15 is 0 Å². The predicted octanol–water partition coefficient (Wildman–Crippen LogP) is 7.04. The second kappa shape index (κ2) is 11.4. The highest BCUT2D eigenvalue weighted by atomic mass is 127. The van der Waals surface area contributed by atoms with Crippen LogP contribution in [0.25, 0.3) is 6.08 Å². The first-order valence-electron chi connectivity index (χ1n) is 9.74. The summed E-state index contributed by atoms with van der Waals surface area (Å²) in [5, 5.41) is 13.4. The standard InChI is InChI=1S/C25H19Cl2IN2O3/c1-15-3-8-20(12-21(15)27)30-25(31)18(13-29)9-17-10-22(28)24(23(11-17)32-2)33-14-16-4-6-19(26)7-5-16/h3-12H,14H2,1-2H3,(H,30,31)/b18-9+. The number of carbonyl (C=O) groups excluding carboxylic acids is 1. The first kappa shape index (κ1) is 24.9. The molecule has 0 bridgehead atoms. The molecule has 3 rings (SSSR count). The van der Waals surface area contributed by atoms with Gasteiger partial charge < -0.3 is 14.8 Å². The van der Waals surface area contributed by atoms with Crippen LogP contribution in [0, 0.1) is 21.8 Å². The Morgan fingerprint density at radius 1 is 1.15 bits per heavy atom. The number of anilines is 1. The van der Waals surface area contributed by atoms with Crippen molar-refractivity contribution in [2.75, 3.05) is 12.4 Å². The molecule has 1 amide bonds. The summed E-state index contributed by atoms with van der Waals surface area (Å²) in [6.45, 7) is 2.20. The van der Waals surface area contributed by atoms with Gasteiger partial charge in [0.15, 0.2) is 11.5 Å². The zero-order valence-electron chi connectivity index (χ0n) is 17.8. The van der Waals surface area contributed by atoms with Crippen LogP contribution in [0.15, 0.2) is 60.2 Å². The number of rotatable bonds is 7. The summed E-state index contributed by atoms with van der Waals surface area (Å²) < 4.78 is 12.2. The first-order chi connectivity index (χ1) is 15.8. The van der Waals surface area contributed by atoms with Crippen LogP contribution in [-0.2, 0) is 11.4 Å². The SMILES string of the molecule is COc1cc(/C=C(\C#N)C(=O)Nc2ccc(C)c(Cl)c2)cc(I)c1OCc1ccc(Cl)cc1. The van der Waals surface area contributed by atoms with Gasteiger partial charge in [-0.1, -0.05) is 41.4 Å². The van der Waals surface area contributed by atoms with Crippen LogP contribution in [0.2, 0.25) is 10.0 Å². The normalized spacial score (nSPS) is 11.0. The number of aryl methyl sites for hydroxylation is 1. The van der Waals surface area contributed by atoms with E-state index in [0.717, 1.165) is 14.7 Å². The highest BCUT2D eigenvalue weighted by Crippen LogP contribution is 2.35. The fourth-order valence-electron chi connectivity index (χ4n) is 2.88. The molecule has 0 fully saturated rings. The van der Waals surface area contributed by atoms with Gasteiger partial charge in [0.25, 0.3) is 5.91 Å². The lowest BCUT2D eigenvalue weighted by Crippen LogP contribution is -2.13. The van der Waals surface area contributed by atoms with Gasteiger partial charge >= 0.3 is 0 Å². The molecule has 0 aliphatic carbocycles. The zero-order valence-corrected chi connectivity index (χ0v) is 21.5. The van der Waals surface area contributed by atoms with E-state index in [0.29, 0.717) is 39.4 Å². The highest BCUT2D eigenvalue weighted by Gasteiger charge is 2.14. The molecule has 0 saturated heterocycles. The Labute approximate surface area is 216 Å². The van der Waals surface area contributed by atoms with Gasteiger partial charge in [-0.2, -0.15) is 5.26 Å². The average molecular weight is 593 g/mol. The quantitative estimate of drug-likeness (QED) is 0.181. The molecule has 0 aliphatic rings. The number of methoxy groups -OCH3 is 1. The highest BCUT2D eigenvalue weighted by molar-refractivity contribution is 14.1. The number of hydrogen-bond donors (Lipinski definition) is 1. The van der Waals surface area contributed by atoms with E-state index in [9.17, 15) is 10.1 Å². The summed E-state index contributed by atoms with van der Waals surface area (Å²) in [7, 11) is 1.53. The minimum Gasteiger partial charge on any atom is -0.493 e. The van der Waals surface area contributed by atoms with Gasteiger partial charge in [-0.15, -0.1) is 0 Å². The van der Waals surface area contributed by atoms with E-state index in [1.807, 2.05) is 31.2 Å². The van der Waals surface area contributed by atoms with E-state index in [1.165, 1.54) is 13.2 Å². The van der Waals surface area contributed by atoms with Crippen LogP contribution in [0.4, 0.5) is 5.69 Å². The molecule has 1 N–H and O–H groups in total. The van der Waals surface area contributed by atoms with Gasteiger partial charge in [0.2, 0.25) is 0 Å². The van der Waals surface area contributed by atoms with Crippen molar-refractivity contribution in [1.29, 1.82) is 5.26 Å². The lowest BCUT2D eigenvalue weighted by atomic mass is 10.1. The molecule has 0 heterocycles. The summed E-state index contributed by atoms with van der Waals surface area (Å²) in [5.41, 5.74) is 2.93. The number of ether oxygens (including phenoxy) is 2. The summed E-state index contributed by atoms with van der Waals surface area (Å²) in [6, 6.07) is 18.0. The molecule has 0 atom stereocenters. The minimum atomic E-state index is -0.533. The topological polar surface area (TPSA) is 71.3 Å². The Morgan fingerprint density at radius 3 is 2.52 bits per heavy atom. The van der Waals surface area contributed by atoms with Crippen molar-refractivity contribution in [1.82, 2.24) is 0 Å². The van der Waals surface area contributed by atoms with E-state index in [1.54, 1.807) is 36.4 Å². The summed E-state index contributed by atoms with van der Waals surface area (Å²) in [6.07, 6.45) is 1.50. The van der Waals surface area contributed by atoms with Gasteiger partial charge in [-0.25, -0.2) is 0 Å². The number of amides is 1. The molecular weight excluding hydrogens is 574 g/mol. The first-order valence-corrected chi connectivity index (χ1v) is 11.6. The maximum Gasteiger partial charge on any atom is 0.266 e. The van der Waals surface area contributed by atoms with Gasteiger partial charge in [0.05, 0.1) is 10.7 Å². The Morgan fingerprint density at radius 2 is 1.88 bits per heavy atom. The van der Waals surface area contributed by atoms with Crippen LogP contribution < -0.4 is 14.8 Å². The molecule has 168 valence electrons. The molecule has 8 heteroatoms. The second-order valence-electron chi connectivity index (χ2n) is 7.04. The lowest BCUT2D eigenvalue weighted by Gasteiger charge is -2.14. The number of nitrogens with zero attached hydrogens (tertiary/aromatic N) is 1. The summed E-state index contributed by atoms with van der Waals surface area (Å²) >= 11 is 14.2. The van der Waals surface area contributed by atoms with Crippen LogP contribution in [0.1, 0.15) is 16.7 Å². The number of carbonyl (C=O) groups is 1. The van der Waals surface area contributed by atoms with Crippen molar-refractivity contribution in [3.05, 3.63) is 90.5 Å². The molecule has 0 unspecified atom stereocenters. The van der Waals surface area contributed by atoms with Crippen molar-refractivity contribution in [3.8, 4) is 17.6 Å². The molecule has 33 heavy (non-hydrogen) atoms. The zero-order chi connectivity index (χ0) is 24.0. The monoisotopic (exact) mass is 592 g/mol. The lowest BCUT2D eigenvalue weighted by molar-refractivity contribution is -0.112. The number of benzene rings is 3. The van der Waals surface area contributed by atoms with Gasteiger partial charge in [0.1, 0.15) is 18.2 Å². The van der Waals surface area contributed by atoms with Crippen molar-refractivity contribution in [2.24, 2.45) is 0 Å². The number of nitrogens with one attached hydrogen (secondary N) is 1. The van der Waals surface area contributed by atoms with Gasteiger partial charge in [-0.05, 0) is 88.7 Å². The molecule has 0 spiro atoms. The van der Waals surface area contributed by atoms with Crippen molar-refractivity contribution < 1.29 is 14.3 Å². The third-order valence-electron chi connectivity index (χ3n) is 4.65. The molecule has 5 nitrogen and oxygen atoms in total. The number of nitriles is 1. The molecule has 0 aliphatic heterocycles. The maximum atomic E-state index is 12.6. The van der Waals surface area contributed by atoms with E-state index in [4.69, 9.17) is 32.7 Å². The molecule has 0 saturated carbocycles. The van der Waals surface area contributed by atoms with Crippen molar-refractivity contribution >= 4 is 63.5 Å². The molecule has 0 aromatic heterocycles.